The average Bonchev–Trinajstić information content (AvgIpc) is 2.88. The quantitative estimate of drug-likeness (QED) is 0.754. The number of rotatable bonds is 3. The Kier molecular flexibility index (Phi) is 3.36. The van der Waals surface area contributed by atoms with Gasteiger partial charge in [-0.25, -0.2) is 0 Å². The first kappa shape index (κ1) is 12.0. The van der Waals surface area contributed by atoms with Gasteiger partial charge in [-0.2, -0.15) is 0 Å². The van der Waals surface area contributed by atoms with Crippen molar-refractivity contribution in [3.8, 4) is 5.75 Å². The number of carbonyl (C=O) groups is 1. The summed E-state index contributed by atoms with van der Waals surface area (Å²) in [6, 6.07) is 7.76. The van der Waals surface area contributed by atoms with E-state index in [2.05, 4.69) is 0 Å². The third-order valence-electron chi connectivity index (χ3n) is 3.66. The molecule has 1 saturated carbocycles. The number of carbonyl (C=O) groups excluding carboxylic acids is 1. The number of ether oxygens (including phenoxy) is 2. The lowest BCUT2D eigenvalue weighted by molar-refractivity contribution is -0.147. The van der Waals surface area contributed by atoms with E-state index in [4.69, 9.17) is 9.47 Å². The second kappa shape index (κ2) is 4.78. The molecule has 1 aromatic rings. The molecule has 1 fully saturated rings. The van der Waals surface area contributed by atoms with Gasteiger partial charge in [0.2, 0.25) is 0 Å². The van der Waals surface area contributed by atoms with E-state index in [1.165, 1.54) is 7.11 Å². The van der Waals surface area contributed by atoms with Gasteiger partial charge in [0.1, 0.15) is 5.75 Å². The molecule has 2 rings (SSSR count). The molecule has 0 atom stereocenters. The molecule has 0 spiro atoms. The third-order valence-corrected chi connectivity index (χ3v) is 3.66. The molecule has 3 heteroatoms. The Morgan fingerprint density at radius 3 is 2.53 bits per heavy atom. The van der Waals surface area contributed by atoms with E-state index < -0.39 is 5.41 Å². The molecule has 3 nitrogen and oxygen atoms in total. The molecule has 0 radical (unpaired) electrons. The molecule has 1 aromatic carbocycles. The van der Waals surface area contributed by atoms with Crippen molar-refractivity contribution >= 4 is 5.97 Å². The van der Waals surface area contributed by atoms with Gasteiger partial charge in [-0.3, -0.25) is 4.79 Å². The molecule has 0 aliphatic heterocycles. The van der Waals surface area contributed by atoms with E-state index in [0.29, 0.717) is 0 Å². The van der Waals surface area contributed by atoms with Gasteiger partial charge in [0, 0.05) is 0 Å². The van der Waals surface area contributed by atoms with Crippen LogP contribution in [-0.4, -0.2) is 20.2 Å². The van der Waals surface area contributed by atoms with Crippen LogP contribution < -0.4 is 4.74 Å². The van der Waals surface area contributed by atoms with Crippen molar-refractivity contribution < 1.29 is 14.3 Å². The Labute approximate surface area is 102 Å². The number of hydrogen-bond donors (Lipinski definition) is 0. The van der Waals surface area contributed by atoms with E-state index >= 15 is 0 Å². The first-order chi connectivity index (χ1) is 8.23. The molecule has 0 amide bonds. The van der Waals surface area contributed by atoms with Crippen LogP contribution in [0.3, 0.4) is 0 Å². The number of hydrogen-bond acceptors (Lipinski definition) is 3. The Balaban J connectivity index is 2.42. The lowest BCUT2D eigenvalue weighted by atomic mass is 9.79. The summed E-state index contributed by atoms with van der Waals surface area (Å²) in [6.45, 7) is 0. The molecule has 0 aromatic heterocycles. The highest BCUT2D eigenvalue weighted by molar-refractivity contribution is 5.83. The first-order valence-electron chi connectivity index (χ1n) is 5.96. The van der Waals surface area contributed by atoms with Gasteiger partial charge >= 0.3 is 5.97 Å². The topological polar surface area (TPSA) is 35.5 Å². The lowest BCUT2D eigenvalue weighted by Crippen LogP contribution is -2.33. The van der Waals surface area contributed by atoms with Crippen LogP contribution in [0.2, 0.25) is 0 Å². The van der Waals surface area contributed by atoms with Crippen molar-refractivity contribution in [2.45, 2.75) is 31.1 Å². The van der Waals surface area contributed by atoms with Crippen LogP contribution in [-0.2, 0) is 14.9 Å². The molecule has 0 heterocycles. The van der Waals surface area contributed by atoms with Crippen LogP contribution in [0.15, 0.2) is 24.3 Å². The van der Waals surface area contributed by atoms with Crippen molar-refractivity contribution in [1.82, 2.24) is 0 Å². The molecular weight excluding hydrogens is 216 g/mol. The SMILES string of the molecule is COC(=O)C1(c2cccc(OC)c2)CCCC1. The molecule has 1 aliphatic carbocycles. The molecule has 0 N–H and O–H groups in total. The van der Waals surface area contributed by atoms with Crippen molar-refractivity contribution in [3.63, 3.8) is 0 Å². The van der Waals surface area contributed by atoms with Crippen LogP contribution in [0, 0.1) is 0 Å². The van der Waals surface area contributed by atoms with Gasteiger partial charge in [-0.05, 0) is 30.5 Å². The zero-order valence-electron chi connectivity index (χ0n) is 10.4. The lowest BCUT2D eigenvalue weighted by Gasteiger charge is -2.26. The minimum Gasteiger partial charge on any atom is -0.497 e. The summed E-state index contributed by atoms with van der Waals surface area (Å²) >= 11 is 0. The van der Waals surface area contributed by atoms with Gasteiger partial charge in [-0.15, -0.1) is 0 Å². The minimum atomic E-state index is -0.455. The molecule has 0 saturated heterocycles. The Bertz CT molecular complexity index is 406. The maximum atomic E-state index is 12.1. The zero-order chi connectivity index (χ0) is 12.3. The second-order valence-corrected chi connectivity index (χ2v) is 4.51. The van der Waals surface area contributed by atoms with Crippen molar-refractivity contribution in [2.24, 2.45) is 0 Å². The maximum Gasteiger partial charge on any atom is 0.316 e. The highest BCUT2D eigenvalue weighted by Crippen LogP contribution is 2.42. The number of methoxy groups -OCH3 is 2. The monoisotopic (exact) mass is 234 g/mol. The first-order valence-corrected chi connectivity index (χ1v) is 5.96. The summed E-state index contributed by atoms with van der Waals surface area (Å²) in [5.74, 6) is 0.668. The van der Waals surface area contributed by atoms with Gasteiger partial charge in [-0.1, -0.05) is 25.0 Å². The average molecular weight is 234 g/mol. The van der Waals surface area contributed by atoms with Crippen LogP contribution in [0.4, 0.5) is 0 Å². The van der Waals surface area contributed by atoms with Gasteiger partial charge in [0.25, 0.3) is 0 Å². The smallest absolute Gasteiger partial charge is 0.316 e. The summed E-state index contributed by atoms with van der Waals surface area (Å²) in [7, 11) is 3.10. The number of benzene rings is 1. The fourth-order valence-electron chi connectivity index (χ4n) is 2.71. The van der Waals surface area contributed by atoms with Crippen LogP contribution >= 0.6 is 0 Å². The van der Waals surface area contributed by atoms with Gasteiger partial charge < -0.3 is 9.47 Å². The summed E-state index contributed by atoms with van der Waals surface area (Å²) in [4.78, 5) is 12.1. The minimum absolute atomic E-state index is 0.122. The van der Waals surface area contributed by atoms with Crippen molar-refractivity contribution in [1.29, 1.82) is 0 Å². The fraction of sp³-hybridized carbons (Fsp3) is 0.500. The van der Waals surface area contributed by atoms with Gasteiger partial charge in [0.15, 0.2) is 0 Å². The molecular formula is C14H18O3. The van der Waals surface area contributed by atoms with E-state index in [0.717, 1.165) is 37.0 Å². The van der Waals surface area contributed by atoms with Crippen LogP contribution in [0.1, 0.15) is 31.2 Å². The third kappa shape index (κ3) is 2.02. The summed E-state index contributed by atoms with van der Waals surface area (Å²) in [5, 5.41) is 0. The summed E-state index contributed by atoms with van der Waals surface area (Å²) in [5.41, 5.74) is 0.560. The predicted octanol–water partition coefficient (Wildman–Crippen LogP) is 2.68. The largest absolute Gasteiger partial charge is 0.497 e. The zero-order valence-corrected chi connectivity index (χ0v) is 10.4. The molecule has 0 bridgehead atoms. The summed E-state index contributed by atoms with van der Waals surface area (Å²) < 4.78 is 10.2. The molecule has 92 valence electrons. The van der Waals surface area contributed by atoms with Crippen LogP contribution in [0.5, 0.6) is 5.75 Å². The Morgan fingerprint density at radius 1 is 1.24 bits per heavy atom. The summed E-state index contributed by atoms with van der Waals surface area (Å²) in [6.07, 6.45) is 3.89. The standard InChI is InChI=1S/C14H18O3/c1-16-12-7-5-6-11(10-12)14(13(15)17-2)8-3-4-9-14/h5-7,10H,3-4,8-9H2,1-2H3. The highest BCUT2D eigenvalue weighted by atomic mass is 16.5. The molecule has 17 heavy (non-hydrogen) atoms. The van der Waals surface area contributed by atoms with E-state index in [-0.39, 0.29) is 5.97 Å². The van der Waals surface area contributed by atoms with E-state index in [1.807, 2.05) is 24.3 Å². The Hall–Kier alpha value is -1.51. The van der Waals surface area contributed by atoms with Crippen molar-refractivity contribution in [2.75, 3.05) is 14.2 Å². The fourth-order valence-corrected chi connectivity index (χ4v) is 2.71. The molecule has 0 unspecified atom stereocenters. The van der Waals surface area contributed by atoms with E-state index in [9.17, 15) is 4.79 Å². The van der Waals surface area contributed by atoms with Gasteiger partial charge in [0.05, 0.1) is 19.6 Å². The number of esters is 1. The van der Waals surface area contributed by atoms with Crippen LogP contribution in [0.25, 0.3) is 0 Å². The highest BCUT2D eigenvalue weighted by Gasteiger charge is 2.43. The normalized spacial score (nSPS) is 17.8. The second-order valence-electron chi connectivity index (χ2n) is 4.51. The van der Waals surface area contributed by atoms with Crippen molar-refractivity contribution in [3.05, 3.63) is 29.8 Å². The maximum absolute atomic E-state index is 12.1. The van der Waals surface area contributed by atoms with E-state index in [1.54, 1.807) is 7.11 Å². The Morgan fingerprint density at radius 2 is 1.94 bits per heavy atom. The predicted molar refractivity (Wildman–Crippen MR) is 65.2 cm³/mol. The molecule has 1 aliphatic rings.